The number of benzene rings is 1. The van der Waals surface area contributed by atoms with Gasteiger partial charge in [0.25, 0.3) is 0 Å². The van der Waals surface area contributed by atoms with Crippen LogP contribution in [0.5, 0.6) is 0 Å². The summed E-state index contributed by atoms with van der Waals surface area (Å²) >= 11 is 1.95. The van der Waals surface area contributed by atoms with Gasteiger partial charge in [-0.2, -0.15) is 0 Å². The highest BCUT2D eigenvalue weighted by molar-refractivity contribution is 8.00. The van der Waals surface area contributed by atoms with Gasteiger partial charge in [-0.3, -0.25) is 0 Å². The van der Waals surface area contributed by atoms with Crippen molar-refractivity contribution in [3.05, 3.63) is 42.0 Å². The molecule has 3 atom stereocenters. The van der Waals surface area contributed by atoms with E-state index in [9.17, 15) is 0 Å². The van der Waals surface area contributed by atoms with Crippen LogP contribution in [0, 0.1) is 12.3 Å². The zero-order valence-electron chi connectivity index (χ0n) is 15.8. The van der Waals surface area contributed by atoms with Crippen LogP contribution in [0.2, 0.25) is 0 Å². The number of methoxy groups -OCH3 is 1. The zero-order chi connectivity index (χ0) is 17.7. The van der Waals surface area contributed by atoms with Gasteiger partial charge in [0, 0.05) is 29.3 Å². The summed E-state index contributed by atoms with van der Waals surface area (Å²) in [5.41, 5.74) is 2.40. The Hall–Kier alpha value is -0.770. The molecule has 0 radical (unpaired) electrons. The minimum absolute atomic E-state index is 0.0590. The van der Waals surface area contributed by atoms with Crippen LogP contribution >= 0.6 is 11.8 Å². The SMILES string of the molecule is C=C(C)CC(OC)C(C)(C)[C@@H]1OCCC[C@H]1Sc1ccc(C)cc1. The van der Waals surface area contributed by atoms with Crippen molar-refractivity contribution >= 4 is 11.8 Å². The van der Waals surface area contributed by atoms with E-state index in [1.807, 2.05) is 11.8 Å². The zero-order valence-corrected chi connectivity index (χ0v) is 16.6. The predicted molar refractivity (Wildman–Crippen MR) is 104 cm³/mol. The Morgan fingerprint density at radius 2 is 2.04 bits per heavy atom. The largest absolute Gasteiger partial charge is 0.380 e. The lowest BCUT2D eigenvalue weighted by molar-refractivity contribution is -0.111. The Bertz CT molecular complexity index is 535. The van der Waals surface area contributed by atoms with E-state index >= 15 is 0 Å². The highest BCUT2D eigenvalue weighted by Gasteiger charge is 2.44. The summed E-state index contributed by atoms with van der Waals surface area (Å²) in [4.78, 5) is 1.32. The van der Waals surface area contributed by atoms with E-state index in [-0.39, 0.29) is 17.6 Å². The molecule has 0 amide bonds. The summed E-state index contributed by atoms with van der Waals surface area (Å²) in [7, 11) is 1.81. The molecule has 1 aliphatic rings. The summed E-state index contributed by atoms with van der Waals surface area (Å²) < 4.78 is 12.1. The molecule has 1 fully saturated rings. The third-order valence-electron chi connectivity index (χ3n) is 4.96. The monoisotopic (exact) mass is 348 g/mol. The molecule has 1 heterocycles. The van der Waals surface area contributed by atoms with Gasteiger partial charge in [-0.15, -0.1) is 18.3 Å². The summed E-state index contributed by atoms with van der Waals surface area (Å²) in [6.07, 6.45) is 3.51. The summed E-state index contributed by atoms with van der Waals surface area (Å²) in [5, 5.41) is 0.458. The maximum absolute atomic E-state index is 6.29. The van der Waals surface area contributed by atoms with E-state index in [4.69, 9.17) is 9.47 Å². The molecule has 1 aromatic carbocycles. The number of ether oxygens (including phenoxy) is 2. The minimum Gasteiger partial charge on any atom is -0.380 e. The molecule has 1 saturated heterocycles. The number of hydrogen-bond donors (Lipinski definition) is 0. The van der Waals surface area contributed by atoms with Gasteiger partial charge in [-0.05, 0) is 45.2 Å². The van der Waals surface area contributed by atoms with E-state index in [0.29, 0.717) is 5.25 Å². The Balaban J connectivity index is 2.17. The summed E-state index contributed by atoms with van der Waals surface area (Å²) in [5.74, 6) is 0. The maximum Gasteiger partial charge on any atom is 0.0772 e. The van der Waals surface area contributed by atoms with Crippen molar-refractivity contribution in [3.63, 3.8) is 0 Å². The van der Waals surface area contributed by atoms with Crippen molar-refractivity contribution in [2.45, 2.75) is 69.3 Å². The van der Waals surface area contributed by atoms with Gasteiger partial charge < -0.3 is 9.47 Å². The molecule has 0 aliphatic carbocycles. The van der Waals surface area contributed by atoms with Gasteiger partial charge in [-0.1, -0.05) is 37.1 Å². The second kappa shape index (κ2) is 8.55. The molecule has 0 saturated carbocycles. The number of hydrogen-bond acceptors (Lipinski definition) is 3. The molecule has 134 valence electrons. The van der Waals surface area contributed by atoms with Gasteiger partial charge in [0.05, 0.1) is 12.2 Å². The molecular weight excluding hydrogens is 316 g/mol. The Morgan fingerprint density at radius 1 is 1.38 bits per heavy atom. The molecule has 1 aromatic rings. The second-order valence-corrected chi connectivity index (χ2v) is 8.92. The van der Waals surface area contributed by atoms with Gasteiger partial charge >= 0.3 is 0 Å². The molecular formula is C21H32O2S. The van der Waals surface area contributed by atoms with Crippen LogP contribution in [0.4, 0.5) is 0 Å². The second-order valence-electron chi connectivity index (χ2n) is 7.61. The molecule has 0 N–H and O–H groups in total. The fourth-order valence-electron chi connectivity index (χ4n) is 3.51. The first-order valence-electron chi connectivity index (χ1n) is 8.86. The lowest BCUT2D eigenvalue weighted by Crippen LogP contribution is -2.50. The molecule has 24 heavy (non-hydrogen) atoms. The van der Waals surface area contributed by atoms with Crippen LogP contribution < -0.4 is 0 Å². The van der Waals surface area contributed by atoms with Gasteiger partial charge in [-0.25, -0.2) is 0 Å². The van der Waals surface area contributed by atoms with Gasteiger partial charge in [0.1, 0.15) is 0 Å². The smallest absolute Gasteiger partial charge is 0.0772 e. The quantitative estimate of drug-likeness (QED) is 0.594. The Kier molecular flexibility index (Phi) is 6.97. The van der Waals surface area contributed by atoms with E-state index < -0.39 is 0 Å². The fraction of sp³-hybridized carbons (Fsp3) is 0.619. The third-order valence-corrected chi connectivity index (χ3v) is 6.29. The van der Waals surface area contributed by atoms with Gasteiger partial charge in [0.15, 0.2) is 0 Å². The van der Waals surface area contributed by atoms with Crippen LogP contribution in [-0.4, -0.2) is 31.2 Å². The van der Waals surface area contributed by atoms with Gasteiger partial charge in [0.2, 0.25) is 0 Å². The third kappa shape index (κ3) is 4.87. The Labute approximate surface area is 152 Å². The van der Waals surface area contributed by atoms with Crippen molar-refractivity contribution < 1.29 is 9.47 Å². The number of aryl methyl sites for hydroxylation is 1. The van der Waals surface area contributed by atoms with E-state index in [0.717, 1.165) is 25.0 Å². The average molecular weight is 349 g/mol. The van der Waals surface area contributed by atoms with Crippen molar-refractivity contribution in [2.75, 3.05) is 13.7 Å². The molecule has 0 bridgehead atoms. The predicted octanol–water partition coefficient (Wildman–Crippen LogP) is 5.64. The van der Waals surface area contributed by atoms with Crippen molar-refractivity contribution in [1.82, 2.24) is 0 Å². The highest BCUT2D eigenvalue weighted by Crippen LogP contribution is 2.43. The molecule has 2 rings (SSSR count). The molecule has 1 unspecified atom stereocenters. The first-order chi connectivity index (χ1) is 11.3. The van der Waals surface area contributed by atoms with Crippen molar-refractivity contribution in [3.8, 4) is 0 Å². The summed E-state index contributed by atoms with van der Waals surface area (Å²) in [6, 6.07) is 8.82. The van der Waals surface area contributed by atoms with Crippen LogP contribution in [-0.2, 0) is 9.47 Å². The number of rotatable bonds is 7. The Morgan fingerprint density at radius 3 is 2.62 bits per heavy atom. The molecule has 0 aromatic heterocycles. The lowest BCUT2D eigenvalue weighted by Gasteiger charge is -2.45. The average Bonchev–Trinajstić information content (AvgIpc) is 2.55. The molecule has 1 aliphatic heterocycles. The first-order valence-corrected chi connectivity index (χ1v) is 9.74. The van der Waals surface area contributed by atoms with Crippen molar-refractivity contribution in [2.24, 2.45) is 5.41 Å². The highest BCUT2D eigenvalue weighted by atomic mass is 32.2. The van der Waals surface area contributed by atoms with Crippen LogP contribution in [0.1, 0.15) is 45.6 Å². The topological polar surface area (TPSA) is 18.5 Å². The van der Waals surface area contributed by atoms with E-state index in [2.05, 4.69) is 58.5 Å². The van der Waals surface area contributed by atoms with Crippen molar-refractivity contribution in [1.29, 1.82) is 0 Å². The molecule has 3 heteroatoms. The van der Waals surface area contributed by atoms with Crippen LogP contribution in [0.25, 0.3) is 0 Å². The van der Waals surface area contributed by atoms with E-state index in [1.54, 1.807) is 7.11 Å². The lowest BCUT2D eigenvalue weighted by atomic mass is 9.75. The standard InChI is InChI=1S/C21H32O2S/c1-15(2)14-19(22-6)21(4,5)20-18(8-7-13-23-20)24-17-11-9-16(3)10-12-17/h9-12,18-20H,1,7-8,13-14H2,2-6H3/t18-,19?,20-/m1/s1. The number of thioether (sulfide) groups is 1. The summed E-state index contributed by atoms with van der Waals surface area (Å²) in [6.45, 7) is 13.7. The maximum atomic E-state index is 6.29. The molecule has 2 nitrogen and oxygen atoms in total. The van der Waals surface area contributed by atoms with Crippen LogP contribution in [0.15, 0.2) is 41.3 Å². The van der Waals surface area contributed by atoms with Crippen LogP contribution in [0.3, 0.4) is 0 Å². The normalized spacial score (nSPS) is 23.0. The van der Waals surface area contributed by atoms with E-state index in [1.165, 1.54) is 16.9 Å². The first kappa shape index (κ1) is 19.6. The minimum atomic E-state index is -0.0590. The molecule has 0 spiro atoms. The fourth-order valence-corrected chi connectivity index (χ4v) is 4.99.